The molecule has 0 aliphatic rings. The molecule has 1 N–H and O–H groups in total. The molecule has 114 valence electrons. The lowest BCUT2D eigenvalue weighted by Gasteiger charge is -2.16. The van der Waals surface area contributed by atoms with Crippen LogP contribution in [0.15, 0.2) is 24.3 Å². The summed E-state index contributed by atoms with van der Waals surface area (Å²) < 4.78 is 29.8. The summed E-state index contributed by atoms with van der Waals surface area (Å²) in [6.45, 7) is 5.72. The molecule has 1 aromatic rings. The first-order valence-corrected chi connectivity index (χ1v) is 6.89. The SMILES string of the molecule is CC(C)NCc1ccc(OCCN(C)CC(F)F)cc1. The van der Waals surface area contributed by atoms with Crippen LogP contribution in [0.3, 0.4) is 0 Å². The molecule has 0 saturated carbocycles. The summed E-state index contributed by atoms with van der Waals surface area (Å²) in [6.07, 6.45) is -2.30. The van der Waals surface area contributed by atoms with Crippen molar-refractivity contribution in [2.75, 3.05) is 26.7 Å². The van der Waals surface area contributed by atoms with E-state index in [0.29, 0.717) is 19.2 Å². The van der Waals surface area contributed by atoms with Crippen LogP contribution in [-0.4, -0.2) is 44.1 Å². The van der Waals surface area contributed by atoms with Crippen LogP contribution in [0.25, 0.3) is 0 Å². The molecule has 0 spiro atoms. The Bertz CT molecular complexity index is 369. The molecule has 1 rings (SSSR count). The lowest BCUT2D eigenvalue weighted by atomic mass is 10.2. The lowest BCUT2D eigenvalue weighted by Crippen LogP contribution is -2.28. The van der Waals surface area contributed by atoms with Gasteiger partial charge in [-0.1, -0.05) is 26.0 Å². The number of ether oxygens (including phenoxy) is 1. The van der Waals surface area contributed by atoms with E-state index >= 15 is 0 Å². The first-order valence-electron chi connectivity index (χ1n) is 6.89. The van der Waals surface area contributed by atoms with Crippen LogP contribution in [0.1, 0.15) is 19.4 Å². The Balaban J connectivity index is 2.27. The van der Waals surface area contributed by atoms with E-state index in [1.807, 2.05) is 24.3 Å². The molecule has 0 saturated heterocycles. The Morgan fingerprint density at radius 3 is 2.40 bits per heavy atom. The van der Waals surface area contributed by atoms with Gasteiger partial charge < -0.3 is 10.1 Å². The standard InChI is InChI=1S/C15H24F2N2O/c1-12(2)18-10-13-4-6-14(7-5-13)20-9-8-19(3)11-15(16)17/h4-7,12,15,18H,8-11H2,1-3H3. The molecule has 0 unspecified atom stereocenters. The van der Waals surface area contributed by atoms with Gasteiger partial charge in [-0.25, -0.2) is 8.78 Å². The van der Waals surface area contributed by atoms with Crippen molar-refractivity contribution in [3.05, 3.63) is 29.8 Å². The Morgan fingerprint density at radius 1 is 1.20 bits per heavy atom. The third-order valence-corrected chi connectivity index (χ3v) is 2.83. The molecule has 0 fully saturated rings. The molecule has 0 bridgehead atoms. The molecule has 0 aromatic heterocycles. The zero-order valence-corrected chi connectivity index (χ0v) is 12.4. The van der Waals surface area contributed by atoms with Gasteiger partial charge in [0.2, 0.25) is 0 Å². The highest BCUT2D eigenvalue weighted by molar-refractivity contribution is 5.27. The van der Waals surface area contributed by atoms with Gasteiger partial charge in [-0.05, 0) is 24.7 Å². The van der Waals surface area contributed by atoms with Crippen molar-refractivity contribution in [2.24, 2.45) is 0 Å². The normalized spacial score (nSPS) is 11.6. The molecule has 3 nitrogen and oxygen atoms in total. The average Bonchev–Trinajstić information content (AvgIpc) is 2.37. The molecule has 0 radical (unpaired) electrons. The Morgan fingerprint density at radius 2 is 1.85 bits per heavy atom. The van der Waals surface area contributed by atoms with Gasteiger partial charge in [0, 0.05) is 19.1 Å². The van der Waals surface area contributed by atoms with E-state index in [0.717, 1.165) is 12.3 Å². The topological polar surface area (TPSA) is 24.5 Å². The molecule has 0 amide bonds. The van der Waals surface area contributed by atoms with Crippen LogP contribution in [0.5, 0.6) is 5.75 Å². The van der Waals surface area contributed by atoms with Crippen LogP contribution < -0.4 is 10.1 Å². The van der Waals surface area contributed by atoms with Gasteiger partial charge in [-0.3, -0.25) is 4.90 Å². The van der Waals surface area contributed by atoms with Gasteiger partial charge in [0.25, 0.3) is 6.43 Å². The van der Waals surface area contributed by atoms with Gasteiger partial charge >= 0.3 is 0 Å². The summed E-state index contributed by atoms with van der Waals surface area (Å²) in [5.41, 5.74) is 1.20. The fourth-order valence-electron chi connectivity index (χ4n) is 1.67. The first-order chi connectivity index (χ1) is 9.47. The fourth-order valence-corrected chi connectivity index (χ4v) is 1.67. The second-order valence-corrected chi connectivity index (χ2v) is 5.18. The summed E-state index contributed by atoms with van der Waals surface area (Å²) >= 11 is 0. The monoisotopic (exact) mass is 286 g/mol. The zero-order valence-electron chi connectivity index (χ0n) is 12.4. The smallest absolute Gasteiger partial charge is 0.251 e. The van der Waals surface area contributed by atoms with Crippen molar-refractivity contribution in [1.82, 2.24) is 10.2 Å². The number of benzene rings is 1. The number of hydrogen-bond donors (Lipinski definition) is 1. The van der Waals surface area contributed by atoms with Crippen LogP contribution in [0.4, 0.5) is 8.78 Å². The van der Waals surface area contributed by atoms with Crippen molar-refractivity contribution in [3.63, 3.8) is 0 Å². The second kappa shape index (κ2) is 8.87. The minimum absolute atomic E-state index is 0.219. The van der Waals surface area contributed by atoms with Gasteiger partial charge in [0.05, 0.1) is 6.54 Å². The van der Waals surface area contributed by atoms with E-state index in [2.05, 4.69) is 19.2 Å². The maximum absolute atomic E-state index is 12.1. The Hall–Kier alpha value is -1.20. The predicted molar refractivity (Wildman–Crippen MR) is 77.4 cm³/mol. The van der Waals surface area contributed by atoms with E-state index in [1.54, 1.807) is 11.9 Å². The largest absolute Gasteiger partial charge is 0.492 e. The zero-order chi connectivity index (χ0) is 15.0. The minimum atomic E-state index is -2.30. The molecule has 5 heteroatoms. The first kappa shape index (κ1) is 16.9. The summed E-state index contributed by atoms with van der Waals surface area (Å²) in [4.78, 5) is 1.56. The molecule has 0 heterocycles. The highest BCUT2D eigenvalue weighted by Gasteiger charge is 2.07. The molecule has 0 atom stereocenters. The number of nitrogens with zero attached hydrogens (tertiary/aromatic N) is 1. The van der Waals surface area contributed by atoms with Crippen molar-refractivity contribution >= 4 is 0 Å². The maximum atomic E-state index is 12.1. The third kappa shape index (κ3) is 7.40. The molecule has 0 aliphatic carbocycles. The van der Waals surface area contributed by atoms with Gasteiger partial charge in [-0.15, -0.1) is 0 Å². The summed E-state index contributed by atoms with van der Waals surface area (Å²) in [5.74, 6) is 0.767. The summed E-state index contributed by atoms with van der Waals surface area (Å²) in [5, 5.41) is 3.34. The fraction of sp³-hybridized carbons (Fsp3) is 0.600. The highest BCUT2D eigenvalue weighted by atomic mass is 19.3. The Kier molecular flexibility index (Phi) is 7.47. The molecule has 0 aliphatic heterocycles. The molecule has 1 aromatic carbocycles. The van der Waals surface area contributed by atoms with Crippen LogP contribution in [0.2, 0.25) is 0 Å². The molecular formula is C15H24F2N2O. The average molecular weight is 286 g/mol. The summed E-state index contributed by atoms with van der Waals surface area (Å²) in [7, 11) is 1.66. The van der Waals surface area contributed by atoms with Crippen molar-refractivity contribution in [2.45, 2.75) is 32.9 Å². The number of alkyl halides is 2. The van der Waals surface area contributed by atoms with Crippen LogP contribution >= 0.6 is 0 Å². The van der Waals surface area contributed by atoms with Crippen molar-refractivity contribution < 1.29 is 13.5 Å². The highest BCUT2D eigenvalue weighted by Crippen LogP contribution is 2.12. The number of halogens is 2. The van der Waals surface area contributed by atoms with E-state index in [-0.39, 0.29) is 6.54 Å². The molecular weight excluding hydrogens is 262 g/mol. The van der Waals surface area contributed by atoms with E-state index in [9.17, 15) is 8.78 Å². The van der Waals surface area contributed by atoms with Crippen molar-refractivity contribution in [1.29, 1.82) is 0 Å². The van der Waals surface area contributed by atoms with Gasteiger partial charge in [-0.2, -0.15) is 0 Å². The van der Waals surface area contributed by atoms with E-state index in [1.165, 1.54) is 5.56 Å². The maximum Gasteiger partial charge on any atom is 0.251 e. The quantitative estimate of drug-likeness (QED) is 0.755. The summed E-state index contributed by atoms with van der Waals surface area (Å²) in [6, 6.07) is 8.28. The van der Waals surface area contributed by atoms with E-state index in [4.69, 9.17) is 4.74 Å². The lowest BCUT2D eigenvalue weighted by molar-refractivity contribution is 0.0935. The Labute approximate surface area is 119 Å². The number of nitrogens with one attached hydrogen (secondary N) is 1. The van der Waals surface area contributed by atoms with Crippen LogP contribution in [0, 0.1) is 0 Å². The number of likely N-dealkylation sites (N-methyl/N-ethyl adjacent to an activating group) is 1. The van der Waals surface area contributed by atoms with Crippen molar-refractivity contribution in [3.8, 4) is 5.75 Å². The van der Waals surface area contributed by atoms with Crippen LogP contribution in [-0.2, 0) is 6.54 Å². The second-order valence-electron chi connectivity index (χ2n) is 5.18. The van der Waals surface area contributed by atoms with Gasteiger partial charge in [0.15, 0.2) is 0 Å². The minimum Gasteiger partial charge on any atom is -0.492 e. The number of hydrogen-bond acceptors (Lipinski definition) is 3. The third-order valence-electron chi connectivity index (χ3n) is 2.83. The van der Waals surface area contributed by atoms with Gasteiger partial charge in [0.1, 0.15) is 12.4 Å². The molecule has 20 heavy (non-hydrogen) atoms. The van der Waals surface area contributed by atoms with E-state index < -0.39 is 6.43 Å². The number of rotatable bonds is 9. The predicted octanol–water partition coefficient (Wildman–Crippen LogP) is 2.76.